The number of aryl methyl sites for hydroxylation is 1. The largest absolute Gasteiger partial charge is 0.327 e. The average Bonchev–Trinajstić information content (AvgIpc) is 2.18. The van der Waals surface area contributed by atoms with E-state index in [4.69, 9.17) is 5.73 Å². The van der Waals surface area contributed by atoms with Gasteiger partial charge in [0.25, 0.3) is 0 Å². The molecule has 0 spiro atoms. The molecule has 0 fully saturated rings. The standard InChI is InChI=1S/C10H17N3/c1-3-8(11)7-9-5-6-12-10(4-2)13-9/h5-6,8H,3-4,7,11H2,1-2H3. The van der Waals surface area contributed by atoms with Gasteiger partial charge in [0.15, 0.2) is 0 Å². The molecule has 13 heavy (non-hydrogen) atoms. The first-order valence-corrected chi connectivity index (χ1v) is 4.82. The summed E-state index contributed by atoms with van der Waals surface area (Å²) in [5.74, 6) is 0.904. The van der Waals surface area contributed by atoms with Crippen molar-refractivity contribution in [1.29, 1.82) is 0 Å². The Morgan fingerprint density at radius 1 is 1.46 bits per heavy atom. The Balaban J connectivity index is 2.66. The van der Waals surface area contributed by atoms with E-state index in [0.29, 0.717) is 0 Å². The van der Waals surface area contributed by atoms with Crippen LogP contribution in [0.4, 0.5) is 0 Å². The van der Waals surface area contributed by atoms with E-state index < -0.39 is 0 Å². The van der Waals surface area contributed by atoms with E-state index in [1.165, 1.54) is 0 Å². The first-order chi connectivity index (χ1) is 6.26. The molecule has 0 amide bonds. The number of aromatic nitrogens is 2. The van der Waals surface area contributed by atoms with Crippen LogP contribution in [0.2, 0.25) is 0 Å². The summed E-state index contributed by atoms with van der Waals surface area (Å²) in [4.78, 5) is 8.53. The van der Waals surface area contributed by atoms with Crippen LogP contribution in [-0.2, 0) is 12.8 Å². The molecule has 0 saturated heterocycles. The second-order valence-electron chi connectivity index (χ2n) is 3.19. The van der Waals surface area contributed by atoms with Crippen LogP contribution in [0.15, 0.2) is 12.3 Å². The Labute approximate surface area is 79.4 Å². The Morgan fingerprint density at radius 3 is 2.85 bits per heavy atom. The number of rotatable bonds is 4. The first-order valence-electron chi connectivity index (χ1n) is 4.82. The second-order valence-corrected chi connectivity index (χ2v) is 3.19. The molecule has 0 bridgehead atoms. The van der Waals surface area contributed by atoms with Crippen molar-refractivity contribution in [2.75, 3.05) is 0 Å². The highest BCUT2D eigenvalue weighted by Crippen LogP contribution is 2.01. The molecular weight excluding hydrogens is 162 g/mol. The summed E-state index contributed by atoms with van der Waals surface area (Å²) in [5.41, 5.74) is 6.89. The molecule has 1 rings (SSSR count). The van der Waals surface area contributed by atoms with E-state index in [1.807, 2.05) is 12.3 Å². The Hall–Kier alpha value is -0.960. The summed E-state index contributed by atoms with van der Waals surface area (Å²) >= 11 is 0. The fraction of sp³-hybridized carbons (Fsp3) is 0.600. The van der Waals surface area contributed by atoms with Crippen molar-refractivity contribution < 1.29 is 0 Å². The molecule has 0 saturated carbocycles. The van der Waals surface area contributed by atoms with Crippen molar-refractivity contribution in [1.82, 2.24) is 9.97 Å². The maximum Gasteiger partial charge on any atom is 0.128 e. The molecule has 0 aromatic carbocycles. The second kappa shape index (κ2) is 4.92. The summed E-state index contributed by atoms with van der Waals surface area (Å²) in [6.45, 7) is 4.14. The highest BCUT2D eigenvalue weighted by molar-refractivity contribution is 5.04. The molecule has 3 heteroatoms. The molecule has 1 unspecified atom stereocenters. The van der Waals surface area contributed by atoms with Crippen molar-refractivity contribution >= 4 is 0 Å². The summed E-state index contributed by atoms with van der Waals surface area (Å²) in [5, 5.41) is 0. The molecule has 0 aliphatic heterocycles. The van der Waals surface area contributed by atoms with Crippen molar-refractivity contribution in [3.63, 3.8) is 0 Å². The lowest BCUT2D eigenvalue weighted by Crippen LogP contribution is -2.22. The molecule has 72 valence electrons. The SMILES string of the molecule is CCc1nccc(CC(N)CC)n1. The lowest BCUT2D eigenvalue weighted by atomic mass is 10.1. The molecule has 3 nitrogen and oxygen atoms in total. The van der Waals surface area contributed by atoms with Crippen LogP contribution in [0.1, 0.15) is 31.8 Å². The average molecular weight is 179 g/mol. The topological polar surface area (TPSA) is 51.8 Å². The van der Waals surface area contributed by atoms with Crippen LogP contribution >= 0.6 is 0 Å². The van der Waals surface area contributed by atoms with E-state index in [9.17, 15) is 0 Å². The highest BCUT2D eigenvalue weighted by atomic mass is 14.9. The third kappa shape index (κ3) is 3.11. The Kier molecular flexibility index (Phi) is 3.83. The molecule has 1 aromatic rings. The third-order valence-electron chi connectivity index (χ3n) is 2.08. The monoisotopic (exact) mass is 179 g/mol. The van der Waals surface area contributed by atoms with Crippen LogP contribution < -0.4 is 5.73 Å². The normalized spacial score (nSPS) is 12.8. The lowest BCUT2D eigenvalue weighted by Gasteiger charge is -2.07. The molecule has 0 aliphatic carbocycles. The first kappa shape index (κ1) is 10.1. The van der Waals surface area contributed by atoms with Gasteiger partial charge < -0.3 is 5.73 Å². The van der Waals surface area contributed by atoms with Gasteiger partial charge in [-0.1, -0.05) is 13.8 Å². The zero-order valence-electron chi connectivity index (χ0n) is 8.33. The van der Waals surface area contributed by atoms with E-state index in [2.05, 4.69) is 23.8 Å². The smallest absolute Gasteiger partial charge is 0.128 e. The molecule has 0 aliphatic rings. The van der Waals surface area contributed by atoms with Gasteiger partial charge in [-0.15, -0.1) is 0 Å². The predicted molar refractivity (Wildman–Crippen MR) is 53.4 cm³/mol. The molecule has 1 heterocycles. The minimum absolute atomic E-state index is 0.222. The van der Waals surface area contributed by atoms with E-state index in [-0.39, 0.29) is 6.04 Å². The van der Waals surface area contributed by atoms with Crippen LogP contribution in [0.25, 0.3) is 0 Å². The zero-order chi connectivity index (χ0) is 9.68. The number of hydrogen-bond donors (Lipinski definition) is 1. The maximum absolute atomic E-state index is 5.84. The molecular formula is C10H17N3. The van der Waals surface area contributed by atoms with Crippen LogP contribution in [0, 0.1) is 0 Å². The van der Waals surface area contributed by atoms with Crippen molar-refractivity contribution in [3.05, 3.63) is 23.8 Å². The molecule has 1 atom stereocenters. The quantitative estimate of drug-likeness (QED) is 0.758. The zero-order valence-corrected chi connectivity index (χ0v) is 8.33. The van der Waals surface area contributed by atoms with Crippen LogP contribution in [-0.4, -0.2) is 16.0 Å². The van der Waals surface area contributed by atoms with Gasteiger partial charge in [-0.25, -0.2) is 9.97 Å². The lowest BCUT2D eigenvalue weighted by molar-refractivity contribution is 0.632. The van der Waals surface area contributed by atoms with Crippen molar-refractivity contribution in [2.24, 2.45) is 5.73 Å². The minimum Gasteiger partial charge on any atom is -0.327 e. The summed E-state index contributed by atoms with van der Waals surface area (Å²) in [7, 11) is 0. The van der Waals surface area contributed by atoms with Gasteiger partial charge in [-0.2, -0.15) is 0 Å². The van der Waals surface area contributed by atoms with Gasteiger partial charge in [0.1, 0.15) is 5.82 Å². The van der Waals surface area contributed by atoms with Gasteiger partial charge >= 0.3 is 0 Å². The van der Waals surface area contributed by atoms with Crippen LogP contribution in [0.5, 0.6) is 0 Å². The number of nitrogens with zero attached hydrogens (tertiary/aromatic N) is 2. The molecule has 0 radical (unpaired) electrons. The summed E-state index contributed by atoms with van der Waals surface area (Å²) in [6, 6.07) is 2.16. The fourth-order valence-electron chi connectivity index (χ4n) is 1.14. The van der Waals surface area contributed by atoms with E-state index in [0.717, 1.165) is 30.8 Å². The summed E-state index contributed by atoms with van der Waals surface area (Å²) in [6.07, 6.45) is 4.54. The van der Waals surface area contributed by atoms with Crippen LogP contribution in [0.3, 0.4) is 0 Å². The Bertz CT molecular complexity index is 260. The van der Waals surface area contributed by atoms with Crippen molar-refractivity contribution in [2.45, 2.75) is 39.2 Å². The number of nitrogens with two attached hydrogens (primary N) is 1. The predicted octanol–water partition coefficient (Wildman–Crippen LogP) is 1.32. The minimum atomic E-state index is 0.222. The number of hydrogen-bond acceptors (Lipinski definition) is 3. The van der Waals surface area contributed by atoms with E-state index in [1.54, 1.807) is 0 Å². The molecule has 1 aromatic heterocycles. The maximum atomic E-state index is 5.84. The molecule has 2 N–H and O–H groups in total. The van der Waals surface area contributed by atoms with Gasteiger partial charge in [0, 0.05) is 30.8 Å². The summed E-state index contributed by atoms with van der Waals surface area (Å²) < 4.78 is 0. The fourth-order valence-corrected chi connectivity index (χ4v) is 1.14. The van der Waals surface area contributed by atoms with Gasteiger partial charge in [-0.3, -0.25) is 0 Å². The highest BCUT2D eigenvalue weighted by Gasteiger charge is 2.03. The van der Waals surface area contributed by atoms with Crippen molar-refractivity contribution in [3.8, 4) is 0 Å². The Morgan fingerprint density at radius 2 is 2.23 bits per heavy atom. The van der Waals surface area contributed by atoms with Gasteiger partial charge in [0.2, 0.25) is 0 Å². The van der Waals surface area contributed by atoms with Gasteiger partial charge in [0.05, 0.1) is 0 Å². The van der Waals surface area contributed by atoms with Gasteiger partial charge in [-0.05, 0) is 12.5 Å². The van der Waals surface area contributed by atoms with E-state index >= 15 is 0 Å². The third-order valence-corrected chi connectivity index (χ3v) is 2.08.